The summed E-state index contributed by atoms with van der Waals surface area (Å²) in [5.41, 5.74) is 0.911. The second-order valence-corrected chi connectivity index (χ2v) is 9.60. The number of carbonyl (C=O) groups excluding carboxylic acids is 1. The van der Waals surface area contributed by atoms with Crippen LogP contribution in [0.3, 0.4) is 0 Å². The molecule has 29 heavy (non-hydrogen) atoms. The summed E-state index contributed by atoms with van der Waals surface area (Å²) in [7, 11) is -3.19. The summed E-state index contributed by atoms with van der Waals surface area (Å²) in [4.78, 5) is 23.3. The molecule has 1 atom stereocenters. The predicted molar refractivity (Wildman–Crippen MR) is 110 cm³/mol. The second-order valence-electron chi connectivity index (χ2n) is 7.54. The molecule has 9 heteroatoms. The Kier molecular flexibility index (Phi) is 9.83. The average molecular weight is 429 g/mol. The molecule has 0 unspecified atom stereocenters. The molecule has 0 aromatic heterocycles. The zero-order valence-electron chi connectivity index (χ0n) is 17.8. The van der Waals surface area contributed by atoms with Crippen molar-refractivity contribution < 1.29 is 33.0 Å². The average Bonchev–Trinajstić information content (AvgIpc) is 2.58. The van der Waals surface area contributed by atoms with E-state index in [-0.39, 0.29) is 19.1 Å². The van der Waals surface area contributed by atoms with Crippen LogP contribution in [-0.2, 0) is 35.7 Å². The molecule has 0 spiro atoms. The molecule has 0 bridgehead atoms. The molecule has 0 radical (unpaired) electrons. The Morgan fingerprint density at radius 1 is 1.07 bits per heavy atom. The molecule has 1 amide bonds. The number of ether oxygens (including phenoxy) is 1. The van der Waals surface area contributed by atoms with Crippen LogP contribution in [0.4, 0.5) is 4.79 Å². The number of aliphatic carboxylic acids is 1. The zero-order valence-corrected chi connectivity index (χ0v) is 18.7. The molecular weight excluding hydrogens is 397 g/mol. The van der Waals surface area contributed by atoms with Crippen molar-refractivity contribution in [2.45, 2.75) is 52.8 Å². The van der Waals surface area contributed by atoms with Gasteiger partial charge in [-0.1, -0.05) is 24.3 Å². The van der Waals surface area contributed by atoms with Crippen molar-refractivity contribution in [1.82, 2.24) is 5.32 Å². The first-order chi connectivity index (χ1) is 13.5. The number of nitrogens with one attached hydrogen (secondary N) is 1. The smallest absolute Gasteiger partial charge is 0.407 e. The highest BCUT2D eigenvalue weighted by Gasteiger charge is 2.25. The predicted octanol–water partition coefficient (Wildman–Crippen LogP) is 4.22. The second kappa shape index (κ2) is 11.3. The van der Waals surface area contributed by atoms with Gasteiger partial charge in [-0.25, -0.2) is 4.79 Å². The molecule has 0 aliphatic heterocycles. The van der Waals surface area contributed by atoms with Gasteiger partial charge in [-0.15, -0.1) is 0 Å². The van der Waals surface area contributed by atoms with Gasteiger partial charge in [-0.3, -0.25) is 9.36 Å². The summed E-state index contributed by atoms with van der Waals surface area (Å²) in [6.07, 6.45) is -0.265. The third-order valence-corrected chi connectivity index (χ3v) is 5.83. The quantitative estimate of drug-likeness (QED) is 0.507. The van der Waals surface area contributed by atoms with Crippen molar-refractivity contribution in [3.8, 4) is 0 Å². The van der Waals surface area contributed by atoms with E-state index >= 15 is 0 Å². The highest BCUT2D eigenvalue weighted by Crippen LogP contribution is 2.51. The number of rotatable bonds is 11. The van der Waals surface area contributed by atoms with E-state index in [1.807, 2.05) is 0 Å². The summed E-state index contributed by atoms with van der Waals surface area (Å²) < 4.78 is 28.3. The SMILES string of the molecule is CCOP(=O)(Cc1ccc(C[C@H](CNC(=O)OC(C)(C)C)C(=O)O)cc1)OCC. The van der Waals surface area contributed by atoms with Crippen LogP contribution in [0.5, 0.6) is 0 Å². The molecule has 0 aliphatic rings. The van der Waals surface area contributed by atoms with Crippen LogP contribution in [-0.4, -0.2) is 42.5 Å². The number of carboxylic acid groups (broad SMARTS) is 1. The van der Waals surface area contributed by atoms with E-state index in [0.717, 1.165) is 11.1 Å². The highest BCUT2D eigenvalue weighted by molar-refractivity contribution is 7.53. The van der Waals surface area contributed by atoms with Crippen LogP contribution in [0.25, 0.3) is 0 Å². The Balaban J connectivity index is 2.71. The van der Waals surface area contributed by atoms with E-state index in [4.69, 9.17) is 13.8 Å². The van der Waals surface area contributed by atoms with Gasteiger partial charge in [0.15, 0.2) is 0 Å². The van der Waals surface area contributed by atoms with Crippen molar-refractivity contribution in [2.24, 2.45) is 5.92 Å². The van der Waals surface area contributed by atoms with Gasteiger partial charge in [0.1, 0.15) is 5.60 Å². The summed E-state index contributed by atoms with van der Waals surface area (Å²) >= 11 is 0. The fraction of sp³-hybridized carbons (Fsp3) is 0.600. The maximum Gasteiger partial charge on any atom is 0.407 e. The lowest BCUT2D eigenvalue weighted by molar-refractivity contribution is -0.141. The minimum Gasteiger partial charge on any atom is -0.481 e. The maximum absolute atomic E-state index is 12.6. The summed E-state index contributed by atoms with van der Waals surface area (Å²) in [5, 5.41) is 11.9. The van der Waals surface area contributed by atoms with Crippen molar-refractivity contribution in [3.63, 3.8) is 0 Å². The Labute approximate surface area is 172 Å². The van der Waals surface area contributed by atoms with Crippen molar-refractivity contribution >= 4 is 19.7 Å². The molecule has 2 N–H and O–H groups in total. The lowest BCUT2D eigenvalue weighted by Crippen LogP contribution is -2.37. The Morgan fingerprint density at radius 3 is 2.03 bits per heavy atom. The molecule has 0 saturated heterocycles. The molecule has 0 saturated carbocycles. The monoisotopic (exact) mass is 429 g/mol. The van der Waals surface area contributed by atoms with Crippen molar-refractivity contribution in [2.75, 3.05) is 19.8 Å². The van der Waals surface area contributed by atoms with Crippen molar-refractivity contribution in [3.05, 3.63) is 35.4 Å². The number of alkyl carbamates (subject to hydrolysis) is 1. The molecule has 164 valence electrons. The number of benzene rings is 1. The number of carboxylic acids is 1. The summed E-state index contributed by atoms with van der Waals surface area (Å²) in [6, 6.07) is 7.11. The van der Waals surface area contributed by atoms with Crippen LogP contribution in [0.15, 0.2) is 24.3 Å². The molecular formula is C20H32NO7P. The van der Waals surface area contributed by atoms with E-state index in [2.05, 4.69) is 5.32 Å². The lowest BCUT2D eigenvalue weighted by Gasteiger charge is -2.21. The Hall–Kier alpha value is -1.89. The first kappa shape index (κ1) is 25.1. The van der Waals surface area contributed by atoms with Crippen LogP contribution >= 0.6 is 7.60 Å². The Morgan fingerprint density at radius 2 is 1.59 bits per heavy atom. The lowest BCUT2D eigenvalue weighted by atomic mass is 9.98. The van der Waals surface area contributed by atoms with Gasteiger partial charge in [0.25, 0.3) is 0 Å². The van der Waals surface area contributed by atoms with E-state index in [9.17, 15) is 19.3 Å². The van der Waals surface area contributed by atoms with Gasteiger partial charge < -0.3 is 24.2 Å². The standard InChI is InChI=1S/C20H32NO7P/c1-6-26-29(25,27-7-2)14-16-10-8-15(9-11-16)12-17(18(22)23)13-21-19(24)28-20(3,4)5/h8-11,17H,6-7,12-14H2,1-5H3,(H,21,24)(H,22,23)/t17-/m1/s1. The van der Waals surface area contributed by atoms with Gasteiger partial charge in [0, 0.05) is 6.54 Å². The van der Waals surface area contributed by atoms with Gasteiger partial charge in [-0.05, 0) is 52.2 Å². The van der Waals surface area contributed by atoms with Gasteiger partial charge in [0.2, 0.25) is 0 Å². The molecule has 1 rings (SSSR count). The molecule has 1 aromatic carbocycles. The summed E-state index contributed by atoms with van der Waals surface area (Å²) in [6.45, 7) is 9.26. The van der Waals surface area contributed by atoms with E-state index < -0.39 is 31.2 Å². The van der Waals surface area contributed by atoms with Gasteiger partial charge in [0.05, 0.1) is 25.3 Å². The first-order valence-electron chi connectivity index (χ1n) is 9.63. The first-order valence-corrected chi connectivity index (χ1v) is 11.4. The minimum absolute atomic E-state index is 0.0458. The van der Waals surface area contributed by atoms with Crippen LogP contribution in [0.1, 0.15) is 45.7 Å². The third-order valence-electron chi connectivity index (χ3n) is 3.77. The van der Waals surface area contributed by atoms with E-state index in [0.29, 0.717) is 13.2 Å². The molecule has 0 aliphatic carbocycles. The van der Waals surface area contributed by atoms with Crippen LogP contribution in [0.2, 0.25) is 0 Å². The number of hydrogen-bond donors (Lipinski definition) is 2. The number of carbonyl (C=O) groups is 2. The van der Waals surface area contributed by atoms with E-state index in [1.54, 1.807) is 58.9 Å². The Bertz CT molecular complexity index is 703. The molecule has 1 aromatic rings. The largest absolute Gasteiger partial charge is 0.481 e. The molecule has 0 fully saturated rings. The number of amides is 1. The number of hydrogen-bond acceptors (Lipinski definition) is 6. The minimum atomic E-state index is -3.19. The fourth-order valence-corrected chi connectivity index (χ4v) is 4.28. The van der Waals surface area contributed by atoms with Gasteiger partial charge >= 0.3 is 19.7 Å². The van der Waals surface area contributed by atoms with Crippen molar-refractivity contribution in [1.29, 1.82) is 0 Å². The molecule has 0 heterocycles. The zero-order chi connectivity index (χ0) is 22.1. The third kappa shape index (κ3) is 9.92. The fourth-order valence-electron chi connectivity index (χ4n) is 2.58. The van der Waals surface area contributed by atoms with Crippen LogP contribution < -0.4 is 5.32 Å². The van der Waals surface area contributed by atoms with Gasteiger partial charge in [-0.2, -0.15) is 0 Å². The topological polar surface area (TPSA) is 111 Å². The van der Waals surface area contributed by atoms with Crippen LogP contribution in [0, 0.1) is 5.92 Å². The molecule has 8 nitrogen and oxygen atoms in total. The maximum atomic E-state index is 12.6. The highest BCUT2D eigenvalue weighted by atomic mass is 31.2. The summed E-state index contributed by atoms with van der Waals surface area (Å²) in [5.74, 6) is -1.81. The normalized spacial score (nSPS) is 13.0. The van der Waals surface area contributed by atoms with E-state index in [1.165, 1.54) is 0 Å².